The van der Waals surface area contributed by atoms with Crippen LogP contribution in [-0.2, 0) is 4.79 Å². The summed E-state index contributed by atoms with van der Waals surface area (Å²) in [5, 5.41) is 12.4. The van der Waals surface area contributed by atoms with Gasteiger partial charge in [-0.25, -0.2) is 4.98 Å². The zero-order valence-electron chi connectivity index (χ0n) is 11.0. The second-order valence-corrected chi connectivity index (χ2v) is 5.42. The zero-order valence-corrected chi connectivity index (χ0v) is 11.8. The van der Waals surface area contributed by atoms with Gasteiger partial charge in [0.25, 0.3) is 5.91 Å². The van der Waals surface area contributed by atoms with E-state index in [1.54, 1.807) is 6.07 Å². The molecular formula is C14H17ClN2O3. The summed E-state index contributed by atoms with van der Waals surface area (Å²) in [4.78, 5) is 27.3. The number of rotatable bonds is 3. The normalized spacial score (nSPS) is 22.9. The SMILES string of the molecule is O=C(NC1CCCCCC1C(=O)O)c1ccc(Cl)nc1. The Bertz CT molecular complexity index is 490. The van der Waals surface area contributed by atoms with Gasteiger partial charge in [0.05, 0.1) is 11.5 Å². The molecule has 0 radical (unpaired) electrons. The standard InChI is InChI=1S/C14H17ClN2O3/c15-12-7-6-9(8-16-12)13(18)17-11-5-3-1-2-4-10(11)14(19)20/h6-8,10-11H,1-5H2,(H,17,18)(H,19,20). The Kier molecular flexibility index (Phi) is 4.95. The predicted octanol–water partition coefficient (Wildman–Crippen LogP) is 2.50. The van der Waals surface area contributed by atoms with Gasteiger partial charge in [-0.3, -0.25) is 9.59 Å². The van der Waals surface area contributed by atoms with Gasteiger partial charge >= 0.3 is 5.97 Å². The van der Waals surface area contributed by atoms with Crippen molar-refractivity contribution in [3.8, 4) is 0 Å². The van der Waals surface area contributed by atoms with E-state index in [0.29, 0.717) is 23.6 Å². The first kappa shape index (κ1) is 14.8. The highest BCUT2D eigenvalue weighted by Crippen LogP contribution is 2.24. The van der Waals surface area contributed by atoms with Crippen LogP contribution in [0.1, 0.15) is 42.5 Å². The van der Waals surface area contributed by atoms with Gasteiger partial charge in [-0.05, 0) is 25.0 Å². The van der Waals surface area contributed by atoms with E-state index in [2.05, 4.69) is 10.3 Å². The highest BCUT2D eigenvalue weighted by Gasteiger charge is 2.30. The van der Waals surface area contributed by atoms with Gasteiger partial charge in [-0.2, -0.15) is 0 Å². The number of amides is 1. The number of carbonyl (C=O) groups excluding carboxylic acids is 1. The van der Waals surface area contributed by atoms with Gasteiger partial charge in [-0.15, -0.1) is 0 Å². The molecular weight excluding hydrogens is 280 g/mol. The first-order valence-electron chi connectivity index (χ1n) is 6.73. The van der Waals surface area contributed by atoms with Gasteiger partial charge in [0.1, 0.15) is 5.15 Å². The second-order valence-electron chi connectivity index (χ2n) is 5.03. The maximum absolute atomic E-state index is 12.1. The predicted molar refractivity (Wildman–Crippen MR) is 74.7 cm³/mol. The van der Waals surface area contributed by atoms with Crippen molar-refractivity contribution in [2.45, 2.75) is 38.1 Å². The van der Waals surface area contributed by atoms with Crippen molar-refractivity contribution < 1.29 is 14.7 Å². The zero-order chi connectivity index (χ0) is 14.5. The summed E-state index contributed by atoms with van der Waals surface area (Å²) in [6, 6.07) is 2.80. The van der Waals surface area contributed by atoms with Crippen molar-refractivity contribution >= 4 is 23.5 Å². The molecule has 2 atom stereocenters. The van der Waals surface area contributed by atoms with Crippen molar-refractivity contribution in [2.75, 3.05) is 0 Å². The maximum Gasteiger partial charge on any atom is 0.308 e. The number of pyridine rings is 1. The Morgan fingerprint density at radius 1 is 1.25 bits per heavy atom. The quantitative estimate of drug-likeness (QED) is 0.663. The van der Waals surface area contributed by atoms with Crippen LogP contribution >= 0.6 is 11.6 Å². The minimum absolute atomic E-state index is 0.299. The summed E-state index contributed by atoms with van der Waals surface area (Å²) >= 11 is 5.67. The number of aromatic nitrogens is 1. The van der Waals surface area contributed by atoms with Gasteiger partial charge in [0.15, 0.2) is 0 Å². The number of carbonyl (C=O) groups is 2. The fourth-order valence-corrected chi connectivity index (χ4v) is 2.65. The first-order valence-corrected chi connectivity index (χ1v) is 7.11. The minimum Gasteiger partial charge on any atom is -0.481 e. The number of nitrogens with zero attached hydrogens (tertiary/aromatic N) is 1. The van der Waals surface area contributed by atoms with E-state index >= 15 is 0 Å². The molecule has 0 spiro atoms. The molecule has 1 aromatic rings. The number of carboxylic acid groups (broad SMARTS) is 1. The summed E-state index contributed by atoms with van der Waals surface area (Å²) in [6.45, 7) is 0. The molecule has 1 heterocycles. The molecule has 0 aliphatic heterocycles. The summed E-state index contributed by atoms with van der Waals surface area (Å²) in [6.07, 6.45) is 5.55. The molecule has 0 bridgehead atoms. The molecule has 1 amide bonds. The molecule has 1 aromatic heterocycles. The second kappa shape index (κ2) is 6.70. The lowest BCUT2D eigenvalue weighted by Crippen LogP contribution is -2.42. The Morgan fingerprint density at radius 3 is 2.65 bits per heavy atom. The van der Waals surface area contributed by atoms with Crippen molar-refractivity contribution in [3.63, 3.8) is 0 Å². The average molecular weight is 297 g/mol. The van der Waals surface area contributed by atoms with Crippen LogP contribution in [-0.4, -0.2) is 28.0 Å². The molecule has 6 heteroatoms. The Labute approximate surface area is 122 Å². The number of aliphatic carboxylic acids is 1. The molecule has 5 nitrogen and oxygen atoms in total. The topological polar surface area (TPSA) is 79.3 Å². The lowest BCUT2D eigenvalue weighted by molar-refractivity contribution is -0.142. The van der Waals surface area contributed by atoms with E-state index in [1.165, 1.54) is 12.3 Å². The van der Waals surface area contributed by atoms with E-state index < -0.39 is 11.9 Å². The molecule has 0 saturated heterocycles. The summed E-state index contributed by atoms with van der Waals surface area (Å²) in [7, 11) is 0. The van der Waals surface area contributed by atoms with Crippen LogP contribution in [0.2, 0.25) is 5.15 Å². The van der Waals surface area contributed by atoms with Crippen molar-refractivity contribution in [3.05, 3.63) is 29.0 Å². The molecule has 2 N–H and O–H groups in total. The third-order valence-electron chi connectivity index (χ3n) is 3.64. The molecule has 2 rings (SSSR count). The minimum atomic E-state index is -0.841. The van der Waals surface area contributed by atoms with Crippen LogP contribution in [0.4, 0.5) is 0 Å². The van der Waals surface area contributed by atoms with Gasteiger partial charge < -0.3 is 10.4 Å². The fraction of sp³-hybridized carbons (Fsp3) is 0.500. The number of hydrogen-bond donors (Lipinski definition) is 2. The molecule has 1 aliphatic carbocycles. The summed E-state index contributed by atoms with van der Waals surface area (Å²) < 4.78 is 0. The lowest BCUT2D eigenvalue weighted by atomic mass is 9.94. The molecule has 1 aliphatic rings. The fourth-order valence-electron chi connectivity index (χ4n) is 2.54. The van der Waals surface area contributed by atoms with Crippen LogP contribution < -0.4 is 5.32 Å². The van der Waals surface area contributed by atoms with Crippen molar-refractivity contribution in [1.29, 1.82) is 0 Å². The van der Waals surface area contributed by atoms with Crippen LogP contribution in [0.5, 0.6) is 0 Å². The molecule has 0 aromatic carbocycles. The molecule has 108 valence electrons. The van der Waals surface area contributed by atoms with E-state index in [0.717, 1.165) is 19.3 Å². The Hall–Kier alpha value is -1.62. The lowest BCUT2D eigenvalue weighted by Gasteiger charge is -2.22. The molecule has 20 heavy (non-hydrogen) atoms. The third kappa shape index (κ3) is 3.70. The molecule has 1 saturated carbocycles. The smallest absolute Gasteiger partial charge is 0.308 e. The van der Waals surface area contributed by atoms with E-state index in [1.807, 2.05) is 0 Å². The van der Waals surface area contributed by atoms with Crippen LogP contribution in [0, 0.1) is 5.92 Å². The van der Waals surface area contributed by atoms with Crippen molar-refractivity contribution in [2.24, 2.45) is 5.92 Å². The monoisotopic (exact) mass is 296 g/mol. The molecule has 1 fully saturated rings. The Morgan fingerprint density at radius 2 is 2.00 bits per heavy atom. The average Bonchev–Trinajstić information content (AvgIpc) is 2.65. The van der Waals surface area contributed by atoms with Crippen LogP contribution in [0.3, 0.4) is 0 Å². The highest BCUT2D eigenvalue weighted by atomic mass is 35.5. The molecule has 2 unspecified atom stereocenters. The summed E-state index contributed by atoms with van der Waals surface area (Å²) in [5.74, 6) is -1.65. The van der Waals surface area contributed by atoms with Crippen LogP contribution in [0.25, 0.3) is 0 Å². The maximum atomic E-state index is 12.1. The van der Waals surface area contributed by atoms with Gasteiger partial charge in [0, 0.05) is 12.2 Å². The number of carboxylic acids is 1. The van der Waals surface area contributed by atoms with Gasteiger partial charge in [-0.1, -0.05) is 30.9 Å². The first-order chi connectivity index (χ1) is 9.58. The number of nitrogens with one attached hydrogen (secondary N) is 1. The largest absolute Gasteiger partial charge is 0.481 e. The highest BCUT2D eigenvalue weighted by molar-refractivity contribution is 6.29. The van der Waals surface area contributed by atoms with Gasteiger partial charge in [0.2, 0.25) is 0 Å². The third-order valence-corrected chi connectivity index (χ3v) is 3.86. The van der Waals surface area contributed by atoms with Crippen molar-refractivity contribution in [1.82, 2.24) is 10.3 Å². The number of hydrogen-bond acceptors (Lipinski definition) is 3. The summed E-state index contributed by atoms with van der Waals surface area (Å²) in [5.41, 5.74) is 0.391. The van der Waals surface area contributed by atoms with E-state index in [4.69, 9.17) is 11.6 Å². The van der Waals surface area contributed by atoms with E-state index in [9.17, 15) is 14.7 Å². The Balaban J connectivity index is 2.07. The van der Waals surface area contributed by atoms with E-state index in [-0.39, 0.29) is 11.9 Å². The number of halogens is 1. The van der Waals surface area contributed by atoms with Crippen LogP contribution in [0.15, 0.2) is 18.3 Å².